The smallest absolute Gasteiger partial charge is 0.127 e. The fourth-order valence-corrected chi connectivity index (χ4v) is 2.11. The van der Waals surface area contributed by atoms with E-state index in [9.17, 15) is 0 Å². The molecule has 0 aliphatic heterocycles. The van der Waals surface area contributed by atoms with Crippen molar-refractivity contribution in [1.82, 2.24) is 24.5 Å². The first-order valence-corrected chi connectivity index (χ1v) is 5.75. The third-order valence-corrected chi connectivity index (χ3v) is 3.04. The Morgan fingerprint density at radius 1 is 1.39 bits per heavy atom. The van der Waals surface area contributed by atoms with Crippen molar-refractivity contribution in [2.45, 2.75) is 12.5 Å². The van der Waals surface area contributed by atoms with Gasteiger partial charge >= 0.3 is 0 Å². The molecule has 3 rings (SSSR count). The van der Waals surface area contributed by atoms with E-state index in [0.717, 1.165) is 22.6 Å². The monoisotopic (exact) mass is 242 g/mol. The van der Waals surface area contributed by atoms with E-state index < -0.39 is 0 Å². The quantitative estimate of drug-likeness (QED) is 0.715. The lowest BCUT2D eigenvalue weighted by Crippen LogP contribution is -2.18. The van der Waals surface area contributed by atoms with Gasteiger partial charge in [-0.25, -0.2) is 9.97 Å². The van der Waals surface area contributed by atoms with Gasteiger partial charge in [0.25, 0.3) is 0 Å². The van der Waals surface area contributed by atoms with Crippen molar-refractivity contribution in [1.29, 1.82) is 0 Å². The second-order valence-corrected chi connectivity index (χ2v) is 4.28. The van der Waals surface area contributed by atoms with Gasteiger partial charge in [0, 0.05) is 31.6 Å². The summed E-state index contributed by atoms with van der Waals surface area (Å²) in [6.45, 7) is 0. The second-order valence-electron chi connectivity index (χ2n) is 4.28. The maximum Gasteiger partial charge on any atom is 0.127 e. The number of nitrogens with one attached hydrogen (secondary N) is 1. The van der Waals surface area contributed by atoms with Crippen LogP contribution in [0.2, 0.25) is 0 Å². The molecule has 3 N–H and O–H groups in total. The topological polar surface area (TPSA) is 85.4 Å². The van der Waals surface area contributed by atoms with Crippen molar-refractivity contribution in [2.24, 2.45) is 12.8 Å². The predicted molar refractivity (Wildman–Crippen MR) is 67.7 cm³/mol. The van der Waals surface area contributed by atoms with Crippen molar-refractivity contribution in [3.05, 3.63) is 42.5 Å². The third kappa shape index (κ3) is 1.76. The number of aromatic nitrogens is 5. The summed E-state index contributed by atoms with van der Waals surface area (Å²) in [6, 6.07) is 1.73. The maximum atomic E-state index is 6.20. The molecule has 0 saturated heterocycles. The minimum absolute atomic E-state index is 0.164. The molecule has 18 heavy (non-hydrogen) atoms. The normalized spacial score (nSPS) is 13.0. The summed E-state index contributed by atoms with van der Waals surface area (Å²) in [5, 5.41) is 0. The molecule has 92 valence electrons. The molecule has 3 aromatic rings. The number of aromatic amines is 1. The van der Waals surface area contributed by atoms with Crippen LogP contribution >= 0.6 is 0 Å². The number of H-pyrrole nitrogens is 1. The summed E-state index contributed by atoms with van der Waals surface area (Å²) in [4.78, 5) is 15.7. The molecule has 0 aliphatic rings. The van der Waals surface area contributed by atoms with Crippen LogP contribution in [0.4, 0.5) is 0 Å². The highest BCUT2D eigenvalue weighted by Crippen LogP contribution is 2.19. The number of imidazole rings is 2. The van der Waals surface area contributed by atoms with E-state index >= 15 is 0 Å². The average molecular weight is 242 g/mol. The number of pyridine rings is 1. The molecule has 0 bridgehead atoms. The number of rotatable bonds is 3. The summed E-state index contributed by atoms with van der Waals surface area (Å²) in [5.74, 6) is 0.854. The molecular formula is C12H14N6. The highest BCUT2D eigenvalue weighted by atomic mass is 15.1. The van der Waals surface area contributed by atoms with Crippen LogP contribution in [0.25, 0.3) is 11.0 Å². The Kier molecular flexibility index (Phi) is 2.56. The van der Waals surface area contributed by atoms with E-state index in [2.05, 4.69) is 19.9 Å². The summed E-state index contributed by atoms with van der Waals surface area (Å²) in [5.41, 5.74) is 9.12. The zero-order chi connectivity index (χ0) is 12.5. The van der Waals surface area contributed by atoms with E-state index in [0.29, 0.717) is 6.42 Å². The number of hydrogen-bond donors (Lipinski definition) is 2. The summed E-state index contributed by atoms with van der Waals surface area (Å²) < 4.78 is 1.99. The standard InChI is InChI=1S/C12H14N6/c1-18-11-6-14-3-2-10(11)17-12(18)9(13)4-8-5-15-7-16-8/h2-3,5-7,9H,4,13H2,1H3,(H,15,16). The lowest BCUT2D eigenvalue weighted by molar-refractivity contribution is 0.631. The fourth-order valence-electron chi connectivity index (χ4n) is 2.11. The lowest BCUT2D eigenvalue weighted by atomic mass is 10.1. The van der Waals surface area contributed by atoms with Crippen molar-refractivity contribution >= 4 is 11.0 Å². The molecule has 0 fully saturated rings. The van der Waals surface area contributed by atoms with Gasteiger partial charge in [0.15, 0.2) is 0 Å². The van der Waals surface area contributed by atoms with E-state index in [1.165, 1.54) is 0 Å². The number of nitrogens with two attached hydrogens (primary N) is 1. The molecule has 0 radical (unpaired) electrons. The van der Waals surface area contributed by atoms with Gasteiger partial charge in [0.2, 0.25) is 0 Å². The largest absolute Gasteiger partial charge is 0.348 e. The molecule has 3 heterocycles. The van der Waals surface area contributed by atoms with E-state index in [4.69, 9.17) is 5.73 Å². The van der Waals surface area contributed by atoms with Gasteiger partial charge in [-0.1, -0.05) is 0 Å². The van der Waals surface area contributed by atoms with Gasteiger partial charge < -0.3 is 15.3 Å². The molecule has 1 unspecified atom stereocenters. The first-order valence-electron chi connectivity index (χ1n) is 5.75. The van der Waals surface area contributed by atoms with Gasteiger partial charge in [-0.2, -0.15) is 0 Å². The first-order chi connectivity index (χ1) is 8.75. The maximum absolute atomic E-state index is 6.20. The van der Waals surface area contributed by atoms with E-state index in [1.54, 1.807) is 24.9 Å². The Morgan fingerprint density at radius 3 is 3.00 bits per heavy atom. The molecule has 1 atom stereocenters. The fraction of sp³-hybridized carbons (Fsp3) is 0.250. The number of fused-ring (bicyclic) bond motifs is 1. The molecule has 6 heteroatoms. The highest BCUT2D eigenvalue weighted by Gasteiger charge is 2.15. The molecule has 0 aromatic carbocycles. The zero-order valence-electron chi connectivity index (χ0n) is 10.0. The van der Waals surface area contributed by atoms with Crippen LogP contribution in [0, 0.1) is 0 Å². The third-order valence-electron chi connectivity index (χ3n) is 3.04. The molecule has 6 nitrogen and oxygen atoms in total. The van der Waals surface area contributed by atoms with E-state index in [1.807, 2.05) is 17.7 Å². The van der Waals surface area contributed by atoms with Crippen molar-refractivity contribution in [2.75, 3.05) is 0 Å². The predicted octanol–water partition coefficient (Wildman–Crippen LogP) is 0.934. The summed E-state index contributed by atoms with van der Waals surface area (Å²) in [6.07, 6.45) is 7.66. The van der Waals surface area contributed by atoms with Gasteiger partial charge in [0.1, 0.15) is 5.82 Å². The number of nitrogens with zero attached hydrogens (tertiary/aromatic N) is 4. The molecule has 0 saturated carbocycles. The van der Waals surface area contributed by atoms with Crippen molar-refractivity contribution in [3.63, 3.8) is 0 Å². The Bertz CT molecular complexity index is 654. The van der Waals surface area contributed by atoms with Gasteiger partial charge in [-0.05, 0) is 6.07 Å². The van der Waals surface area contributed by atoms with E-state index in [-0.39, 0.29) is 6.04 Å². The van der Waals surface area contributed by atoms with Crippen LogP contribution in [0.1, 0.15) is 17.6 Å². The Hall–Kier alpha value is -2.21. The van der Waals surface area contributed by atoms with Gasteiger partial charge in [0.05, 0.1) is 29.6 Å². The Balaban J connectivity index is 1.96. The summed E-state index contributed by atoms with van der Waals surface area (Å²) >= 11 is 0. The first kappa shape index (κ1) is 10.9. The van der Waals surface area contributed by atoms with Gasteiger partial charge in [-0.15, -0.1) is 0 Å². The number of hydrogen-bond acceptors (Lipinski definition) is 4. The van der Waals surface area contributed by atoms with Crippen LogP contribution in [-0.2, 0) is 13.5 Å². The van der Waals surface area contributed by atoms with Crippen LogP contribution in [0.15, 0.2) is 31.0 Å². The minimum Gasteiger partial charge on any atom is -0.348 e. The minimum atomic E-state index is -0.164. The molecule has 3 aromatic heterocycles. The lowest BCUT2D eigenvalue weighted by Gasteiger charge is -2.10. The zero-order valence-corrected chi connectivity index (χ0v) is 10.0. The second kappa shape index (κ2) is 4.23. The molecule has 0 aliphatic carbocycles. The SMILES string of the molecule is Cn1c(C(N)Cc2cnc[nH]2)nc2ccncc21. The van der Waals surface area contributed by atoms with Crippen LogP contribution in [0.5, 0.6) is 0 Å². The summed E-state index contributed by atoms with van der Waals surface area (Å²) in [7, 11) is 1.96. The Morgan fingerprint density at radius 2 is 2.28 bits per heavy atom. The van der Waals surface area contributed by atoms with Crippen molar-refractivity contribution < 1.29 is 0 Å². The van der Waals surface area contributed by atoms with Crippen LogP contribution < -0.4 is 5.73 Å². The molecule has 0 spiro atoms. The Labute approximate surface area is 104 Å². The highest BCUT2D eigenvalue weighted by molar-refractivity contribution is 5.74. The van der Waals surface area contributed by atoms with Gasteiger partial charge in [-0.3, -0.25) is 4.98 Å². The van der Waals surface area contributed by atoms with Crippen LogP contribution in [-0.4, -0.2) is 24.5 Å². The molecular weight excluding hydrogens is 228 g/mol. The average Bonchev–Trinajstić information content (AvgIpc) is 2.98. The number of aryl methyl sites for hydroxylation is 1. The van der Waals surface area contributed by atoms with Crippen molar-refractivity contribution in [3.8, 4) is 0 Å². The van der Waals surface area contributed by atoms with Crippen LogP contribution in [0.3, 0.4) is 0 Å². The molecule has 0 amide bonds.